The Morgan fingerprint density at radius 3 is 2.78 bits per heavy atom. The molecule has 0 aromatic carbocycles. The van der Waals surface area contributed by atoms with Gasteiger partial charge in [-0.15, -0.1) is 0 Å². The molecule has 6 nitrogen and oxygen atoms in total. The molecule has 4 heterocycles. The number of hydrogen-bond donors (Lipinski definition) is 1. The first kappa shape index (κ1) is 15.0. The largest absolute Gasteiger partial charge is 0.394 e. The van der Waals surface area contributed by atoms with E-state index in [-0.39, 0.29) is 18.6 Å². The lowest BCUT2D eigenvalue weighted by atomic mass is 9.72. The highest BCUT2D eigenvalue weighted by molar-refractivity contribution is 5.78. The number of fused-ring (bicyclic) bond motifs is 4. The summed E-state index contributed by atoms with van der Waals surface area (Å²) in [5, 5.41) is 9.90. The van der Waals surface area contributed by atoms with E-state index in [4.69, 9.17) is 0 Å². The topological polar surface area (TPSA) is 69.6 Å². The zero-order chi connectivity index (χ0) is 15.8. The van der Waals surface area contributed by atoms with Crippen LogP contribution in [0.25, 0.3) is 0 Å². The molecule has 1 amide bonds. The molecule has 23 heavy (non-hydrogen) atoms. The SMILES string of the molecule is O=C1CCC[C@H]2[C@@H]3C[C@@H](CN(Cc4ncccn4)C3)[C@H](CO)N12. The molecule has 3 aliphatic heterocycles. The summed E-state index contributed by atoms with van der Waals surface area (Å²) < 4.78 is 0. The van der Waals surface area contributed by atoms with E-state index >= 15 is 0 Å². The van der Waals surface area contributed by atoms with Crippen molar-refractivity contribution >= 4 is 5.91 Å². The summed E-state index contributed by atoms with van der Waals surface area (Å²) in [4.78, 5) is 25.5. The van der Waals surface area contributed by atoms with Crippen LogP contribution in [0.1, 0.15) is 31.5 Å². The number of aliphatic hydroxyl groups is 1. The second-order valence-electron chi connectivity index (χ2n) is 7.13. The van der Waals surface area contributed by atoms with Gasteiger partial charge < -0.3 is 10.0 Å². The fraction of sp³-hybridized carbons (Fsp3) is 0.706. The Hall–Kier alpha value is -1.53. The van der Waals surface area contributed by atoms with Crippen LogP contribution in [-0.2, 0) is 11.3 Å². The molecule has 1 aromatic heterocycles. The van der Waals surface area contributed by atoms with Gasteiger partial charge in [0.25, 0.3) is 0 Å². The van der Waals surface area contributed by atoms with Gasteiger partial charge in [-0.2, -0.15) is 0 Å². The number of rotatable bonds is 3. The van der Waals surface area contributed by atoms with E-state index in [0.717, 1.165) is 44.7 Å². The lowest BCUT2D eigenvalue weighted by molar-refractivity contribution is -0.155. The standard InChI is InChI=1S/C17H24N4O2/c22-11-15-13-7-12(14-3-1-4-17(23)21(14)15)8-20(9-13)10-16-18-5-2-6-19-16/h2,5-6,12-15,22H,1,3-4,7-11H2/t12-,13+,14+,15+/m1/s1. The molecule has 4 rings (SSSR count). The smallest absolute Gasteiger partial charge is 0.223 e. The number of carbonyl (C=O) groups excluding carboxylic acids is 1. The van der Waals surface area contributed by atoms with Gasteiger partial charge >= 0.3 is 0 Å². The van der Waals surface area contributed by atoms with E-state index in [9.17, 15) is 9.90 Å². The van der Waals surface area contributed by atoms with E-state index in [1.807, 2.05) is 11.0 Å². The van der Waals surface area contributed by atoms with Crippen molar-refractivity contribution in [1.82, 2.24) is 19.8 Å². The highest BCUT2D eigenvalue weighted by Gasteiger charge is 2.49. The van der Waals surface area contributed by atoms with Crippen molar-refractivity contribution in [2.75, 3.05) is 19.7 Å². The third-order valence-electron chi connectivity index (χ3n) is 5.74. The van der Waals surface area contributed by atoms with Gasteiger partial charge in [0.1, 0.15) is 5.82 Å². The number of aromatic nitrogens is 2. The molecule has 4 atom stereocenters. The third-order valence-corrected chi connectivity index (χ3v) is 5.74. The minimum atomic E-state index is -0.0106. The van der Waals surface area contributed by atoms with Crippen molar-refractivity contribution in [3.63, 3.8) is 0 Å². The zero-order valence-corrected chi connectivity index (χ0v) is 13.3. The second-order valence-corrected chi connectivity index (χ2v) is 7.13. The Labute approximate surface area is 136 Å². The minimum Gasteiger partial charge on any atom is -0.394 e. The maximum absolute atomic E-state index is 12.4. The Morgan fingerprint density at radius 1 is 1.22 bits per heavy atom. The van der Waals surface area contributed by atoms with Crippen LogP contribution in [-0.4, -0.2) is 62.6 Å². The number of aliphatic hydroxyl groups excluding tert-OH is 1. The predicted molar refractivity (Wildman–Crippen MR) is 84.3 cm³/mol. The van der Waals surface area contributed by atoms with E-state index in [1.54, 1.807) is 12.4 Å². The first-order valence-electron chi connectivity index (χ1n) is 8.66. The number of amides is 1. The van der Waals surface area contributed by atoms with Gasteiger partial charge in [-0.25, -0.2) is 9.97 Å². The summed E-state index contributed by atoms with van der Waals surface area (Å²) in [6.07, 6.45) is 7.41. The first-order chi connectivity index (χ1) is 11.3. The van der Waals surface area contributed by atoms with Gasteiger partial charge in [0.05, 0.1) is 19.2 Å². The van der Waals surface area contributed by atoms with Crippen LogP contribution >= 0.6 is 0 Å². The molecule has 3 aliphatic rings. The summed E-state index contributed by atoms with van der Waals surface area (Å²) in [6, 6.07) is 2.13. The number of nitrogens with zero attached hydrogens (tertiary/aromatic N) is 4. The van der Waals surface area contributed by atoms with E-state index < -0.39 is 0 Å². The van der Waals surface area contributed by atoms with Gasteiger partial charge in [-0.05, 0) is 37.2 Å². The Balaban J connectivity index is 1.54. The number of hydrogen-bond acceptors (Lipinski definition) is 5. The van der Waals surface area contributed by atoms with Gasteiger partial charge in [0.15, 0.2) is 0 Å². The molecule has 3 saturated heterocycles. The monoisotopic (exact) mass is 316 g/mol. The average molecular weight is 316 g/mol. The fourth-order valence-corrected chi connectivity index (χ4v) is 4.85. The van der Waals surface area contributed by atoms with Crippen LogP contribution in [0.3, 0.4) is 0 Å². The van der Waals surface area contributed by atoms with Crippen LogP contribution in [0.2, 0.25) is 0 Å². The van der Waals surface area contributed by atoms with Crippen LogP contribution in [0.15, 0.2) is 18.5 Å². The Bertz CT molecular complexity index is 553. The van der Waals surface area contributed by atoms with Crippen LogP contribution in [0.4, 0.5) is 0 Å². The van der Waals surface area contributed by atoms with Crippen LogP contribution < -0.4 is 0 Å². The minimum absolute atomic E-state index is 0.0106. The molecule has 0 radical (unpaired) electrons. The summed E-state index contributed by atoms with van der Waals surface area (Å²) in [5.74, 6) is 1.98. The lowest BCUT2D eigenvalue weighted by Gasteiger charge is -2.56. The zero-order valence-electron chi connectivity index (χ0n) is 13.3. The molecular weight excluding hydrogens is 292 g/mol. The molecule has 0 saturated carbocycles. The van der Waals surface area contributed by atoms with Crippen molar-refractivity contribution in [1.29, 1.82) is 0 Å². The fourth-order valence-electron chi connectivity index (χ4n) is 4.85. The van der Waals surface area contributed by atoms with Crippen molar-refractivity contribution in [3.8, 4) is 0 Å². The second kappa shape index (κ2) is 6.17. The first-order valence-corrected chi connectivity index (χ1v) is 8.66. The molecule has 3 fully saturated rings. The summed E-state index contributed by atoms with van der Waals surface area (Å²) in [5.41, 5.74) is 0. The van der Waals surface area contributed by atoms with Crippen molar-refractivity contribution in [2.45, 2.75) is 44.3 Å². The Kier molecular flexibility index (Phi) is 4.03. The molecule has 2 bridgehead atoms. The molecular formula is C17H24N4O2. The number of piperidine rings is 3. The van der Waals surface area contributed by atoms with Crippen molar-refractivity contribution in [2.24, 2.45) is 11.8 Å². The van der Waals surface area contributed by atoms with Crippen molar-refractivity contribution < 1.29 is 9.90 Å². The maximum Gasteiger partial charge on any atom is 0.223 e. The van der Waals surface area contributed by atoms with E-state index in [2.05, 4.69) is 14.9 Å². The molecule has 0 spiro atoms. The van der Waals surface area contributed by atoms with Crippen molar-refractivity contribution in [3.05, 3.63) is 24.3 Å². The quantitative estimate of drug-likeness (QED) is 0.887. The lowest BCUT2D eigenvalue weighted by Crippen LogP contribution is -2.65. The summed E-state index contributed by atoms with van der Waals surface area (Å²) in [7, 11) is 0. The van der Waals surface area contributed by atoms with Crippen LogP contribution in [0.5, 0.6) is 0 Å². The molecule has 1 N–H and O–H groups in total. The average Bonchev–Trinajstić information content (AvgIpc) is 2.57. The summed E-state index contributed by atoms with van der Waals surface area (Å²) in [6.45, 7) is 2.75. The normalized spacial score (nSPS) is 34.3. The van der Waals surface area contributed by atoms with E-state index in [1.165, 1.54) is 0 Å². The van der Waals surface area contributed by atoms with Gasteiger partial charge in [0.2, 0.25) is 5.91 Å². The maximum atomic E-state index is 12.4. The highest BCUT2D eigenvalue weighted by Crippen LogP contribution is 2.41. The summed E-state index contributed by atoms with van der Waals surface area (Å²) >= 11 is 0. The van der Waals surface area contributed by atoms with E-state index in [0.29, 0.717) is 24.3 Å². The molecule has 0 unspecified atom stereocenters. The highest BCUT2D eigenvalue weighted by atomic mass is 16.3. The molecule has 124 valence electrons. The Morgan fingerprint density at radius 2 is 2.00 bits per heavy atom. The van der Waals surface area contributed by atoms with Gasteiger partial charge in [0, 0.05) is 37.9 Å². The predicted octanol–water partition coefficient (Wildman–Crippen LogP) is 0.670. The third kappa shape index (κ3) is 2.74. The van der Waals surface area contributed by atoms with Gasteiger partial charge in [-0.1, -0.05) is 0 Å². The molecule has 0 aliphatic carbocycles. The van der Waals surface area contributed by atoms with Gasteiger partial charge in [-0.3, -0.25) is 9.69 Å². The molecule has 6 heteroatoms. The molecule has 1 aromatic rings. The number of likely N-dealkylation sites (tertiary alicyclic amines) is 1. The van der Waals surface area contributed by atoms with Crippen LogP contribution in [0, 0.1) is 11.8 Å². The number of carbonyl (C=O) groups is 1.